The monoisotopic (exact) mass is 289 g/mol. The third-order valence-corrected chi connectivity index (χ3v) is 4.72. The number of hydrogen-bond acceptors (Lipinski definition) is 6. The van der Waals surface area contributed by atoms with Gasteiger partial charge in [0.2, 0.25) is 4.96 Å². The lowest BCUT2D eigenvalue weighted by Gasteiger charge is -2.03. The van der Waals surface area contributed by atoms with Gasteiger partial charge in [-0.15, -0.1) is 15.3 Å². The Morgan fingerprint density at radius 3 is 2.90 bits per heavy atom. The highest BCUT2D eigenvalue weighted by Crippen LogP contribution is 2.35. The Kier molecular flexibility index (Phi) is 2.82. The van der Waals surface area contributed by atoms with Gasteiger partial charge < -0.3 is 10.2 Å². The van der Waals surface area contributed by atoms with Crippen LogP contribution in [0.25, 0.3) is 15.7 Å². The molecule has 0 saturated heterocycles. The van der Waals surface area contributed by atoms with E-state index in [9.17, 15) is 0 Å². The van der Waals surface area contributed by atoms with Gasteiger partial charge in [-0.1, -0.05) is 24.2 Å². The molecule has 0 unspecified atom stereocenters. The fourth-order valence-electron chi connectivity index (χ4n) is 2.77. The van der Waals surface area contributed by atoms with E-state index in [0.29, 0.717) is 12.5 Å². The first kappa shape index (κ1) is 12.0. The molecule has 0 radical (unpaired) electrons. The quantitative estimate of drug-likeness (QED) is 0.801. The fraction of sp³-hybridized carbons (Fsp3) is 0.462. The SMILES string of the molecule is NCc1ccc(-c2nn3c(C4CCCC4)nnc3s2)o1. The molecule has 104 valence electrons. The molecule has 0 aliphatic heterocycles. The van der Waals surface area contributed by atoms with E-state index in [-0.39, 0.29) is 0 Å². The second-order valence-electron chi connectivity index (χ2n) is 5.11. The lowest BCUT2D eigenvalue weighted by Crippen LogP contribution is -2.01. The predicted molar refractivity (Wildman–Crippen MR) is 75.5 cm³/mol. The van der Waals surface area contributed by atoms with Gasteiger partial charge in [-0.25, -0.2) is 0 Å². The topological polar surface area (TPSA) is 82.2 Å². The van der Waals surface area contributed by atoms with Gasteiger partial charge in [0.05, 0.1) is 6.54 Å². The Morgan fingerprint density at radius 1 is 1.30 bits per heavy atom. The van der Waals surface area contributed by atoms with E-state index in [4.69, 9.17) is 10.2 Å². The van der Waals surface area contributed by atoms with E-state index in [2.05, 4.69) is 15.3 Å². The van der Waals surface area contributed by atoms with Gasteiger partial charge in [0.25, 0.3) is 0 Å². The van der Waals surface area contributed by atoms with Crippen molar-refractivity contribution >= 4 is 16.3 Å². The summed E-state index contributed by atoms with van der Waals surface area (Å²) in [4.78, 5) is 0.826. The van der Waals surface area contributed by atoms with Crippen molar-refractivity contribution in [3.05, 3.63) is 23.7 Å². The van der Waals surface area contributed by atoms with E-state index < -0.39 is 0 Å². The lowest BCUT2D eigenvalue weighted by molar-refractivity contribution is 0.524. The molecule has 0 bridgehead atoms. The van der Waals surface area contributed by atoms with Crippen LogP contribution in [-0.2, 0) is 6.54 Å². The summed E-state index contributed by atoms with van der Waals surface area (Å²) in [5, 5.41) is 14.0. The highest BCUT2D eigenvalue weighted by atomic mass is 32.1. The Morgan fingerprint density at radius 2 is 2.15 bits per heavy atom. The minimum Gasteiger partial charge on any atom is -0.457 e. The zero-order valence-corrected chi connectivity index (χ0v) is 11.8. The maximum absolute atomic E-state index is 5.64. The van der Waals surface area contributed by atoms with Gasteiger partial charge >= 0.3 is 0 Å². The number of hydrogen-bond donors (Lipinski definition) is 1. The van der Waals surface area contributed by atoms with Crippen molar-refractivity contribution in [2.24, 2.45) is 5.73 Å². The average Bonchev–Trinajstić information content (AvgIpc) is 3.20. The molecule has 1 saturated carbocycles. The summed E-state index contributed by atoms with van der Waals surface area (Å²) in [5.41, 5.74) is 5.56. The number of nitrogens with zero attached hydrogens (tertiary/aromatic N) is 4. The van der Waals surface area contributed by atoms with Gasteiger partial charge in [-0.2, -0.15) is 4.52 Å². The summed E-state index contributed by atoms with van der Waals surface area (Å²) < 4.78 is 7.52. The molecular weight excluding hydrogens is 274 g/mol. The Bertz CT molecular complexity index is 737. The van der Waals surface area contributed by atoms with Crippen LogP contribution in [0.15, 0.2) is 16.5 Å². The van der Waals surface area contributed by atoms with Crippen LogP contribution in [0.5, 0.6) is 0 Å². The van der Waals surface area contributed by atoms with Crippen molar-refractivity contribution in [1.82, 2.24) is 19.8 Å². The molecule has 3 aromatic heterocycles. The lowest BCUT2D eigenvalue weighted by atomic mass is 10.1. The highest BCUT2D eigenvalue weighted by molar-refractivity contribution is 7.19. The number of fused-ring (bicyclic) bond motifs is 1. The zero-order chi connectivity index (χ0) is 13.5. The Hall–Kier alpha value is -1.73. The van der Waals surface area contributed by atoms with Crippen LogP contribution in [0.4, 0.5) is 0 Å². The number of nitrogens with two attached hydrogens (primary N) is 1. The molecule has 7 heteroatoms. The first-order valence-electron chi connectivity index (χ1n) is 6.86. The molecular formula is C13H15N5OS. The van der Waals surface area contributed by atoms with Crippen molar-refractivity contribution in [2.75, 3.05) is 0 Å². The van der Waals surface area contributed by atoms with Crippen LogP contribution in [0.1, 0.15) is 43.2 Å². The van der Waals surface area contributed by atoms with Crippen LogP contribution >= 0.6 is 11.3 Å². The maximum atomic E-state index is 5.64. The molecule has 4 rings (SSSR count). The van der Waals surface area contributed by atoms with Crippen molar-refractivity contribution in [2.45, 2.75) is 38.1 Å². The Balaban J connectivity index is 1.75. The zero-order valence-electron chi connectivity index (χ0n) is 11.0. The molecule has 6 nitrogen and oxygen atoms in total. The van der Waals surface area contributed by atoms with E-state index in [0.717, 1.165) is 27.3 Å². The third-order valence-electron chi connectivity index (χ3n) is 3.81. The first-order valence-corrected chi connectivity index (χ1v) is 7.68. The minimum atomic E-state index is 0.400. The van der Waals surface area contributed by atoms with E-state index in [1.165, 1.54) is 37.0 Å². The summed E-state index contributed by atoms with van der Waals surface area (Å²) >= 11 is 1.50. The molecule has 3 heterocycles. The molecule has 2 N–H and O–H groups in total. The van der Waals surface area contributed by atoms with Crippen LogP contribution in [0, 0.1) is 0 Å². The predicted octanol–water partition coefficient (Wildman–Crippen LogP) is 2.56. The third kappa shape index (κ3) is 1.85. The summed E-state index contributed by atoms with van der Waals surface area (Å²) in [6, 6.07) is 3.79. The maximum Gasteiger partial charge on any atom is 0.235 e. The van der Waals surface area contributed by atoms with Crippen LogP contribution in [0.3, 0.4) is 0 Å². The van der Waals surface area contributed by atoms with Crippen molar-refractivity contribution in [1.29, 1.82) is 0 Å². The van der Waals surface area contributed by atoms with Crippen LogP contribution in [0.2, 0.25) is 0 Å². The number of furan rings is 1. The summed E-state index contributed by atoms with van der Waals surface area (Å²) in [6.07, 6.45) is 4.92. The smallest absolute Gasteiger partial charge is 0.235 e. The second-order valence-corrected chi connectivity index (χ2v) is 6.07. The summed E-state index contributed by atoms with van der Waals surface area (Å²) in [5.74, 6) is 3.00. The molecule has 1 aliphatic rings. The summed E-state index contributed by atoms with van der Waals surface area (Å²) in [6.45, 7) is 0.400. The Labute approximate surface area is 119 Å². The minimum absolute atomic E-state index is 0.400. The van der Waals surface area contributed by atoms with Crippen LogP contribution < -0.4 is 5.73 Å². The second kappa shape index (κ2) is 4.68. The van der Waals surface area contributed by atoms with Gasteiger partial charge in [-0.3, -0.25) is 0 Å². The standard InChI is InChI=1S/C13H15N5OS/c14-7-9-5-6-10(19-9)12-17-18-11(8-3-1-2-4-8)15-16-13(18)20-12/h5-6,8H,1-4,7,14H2. The van der Waals surface area contributed by atoms with Crippen molar-refractivity contribution < 1.29 is 4.42 Å². The number of rotatable bonds is 3. The van der Waals surface area contributed by atoms with Gasteiger partial charge in [0, 0.05) is 5.92 Å². The highest BCUT2D eigenvalue weighted by Gasteiger charge is 2.24. The van der Waals surface area contributed by atoms with Gasteiger partial charge in [-0.05, 0) is 25.0 Å². The molecule has 0 aromatic carbocycles. The van der Waals surface area contributed by atoms with Crippen molar-refractivity contribution in [3.63, 3.8) is 0 Å². The molecule has 3 aromatic rings. The molecule has 0 spiro atoms. The first-order chi connectivity index (χ1) is 9.85. The number of aromatic nitrogens is 4. The normalized spacial score (nSPS) is 16.4. The fourth-order valence-corrected chi connectivity index (χ4v) is 3.58. The van der Waals surface area contributed by atoms with Crippen LogP contribution in [-0.4, -0.2) is 19.8 Å². The van der Waals surface area contributed by atoms with E-state index in [1.807, 2.05) is 16.6 Å². The van der Waals surface area contributed by atoms with Crippen molar-refractivity contribution in [3.8, 4) is 10.8 Å². The van der Waals surface area contributed by atoms with Gasteiger partial charge in [0.1, 0.15) is 5.76 Å². The van der Waals surface area contributed by atoms with Gasteiger partial charge in [0.15, 0.2) is 16.6 Å². The molecule has 0 amide bonds. The average molecular weight is 289 g/mol. The largest absolute Gasteiger partial charge is 0.457 e. The molecule has 0 atom stereocenters. The summed E-state index contributed by atoms with van der Waals surface area (Å²) in [7, 11) is 0. The molecule has 20 heavy (non-hydrogen) atoms. The molecule has 1 fully saturated rings. The van der Waals surface area contributed by atoms with E-state index >= 15 is 0 Å². The van der Waals surface area contributed by atoms with E-state index in [1.54, 1.807) is 0 Å². The molecule has 1 aliphatic carbocycles.